The maximum atomic E-state index is 13.7. The number of nitrogens with two attached hydrogens (primary N) is 1. The standard InChI is InChI=1S/C9H7ClFN3O3S/c10-7-1-5(12)2-8(9(7)11)18(15,16)14-6-3-13-17-4-6/h1-4,14H,12H2. The van der Waals surface area contributed by atoms with Gasteiger partial charge in [0.15, 0.2) is 5.82 Å². The van der Waals surface area contributed by atoms with Gasteiger partial charge in [-0.25, -0.2) is 12.8 Å². The van der Waals surface area contributed by atoms with Crippen LogP contribution in [0, 0.1) is 5.82 Å². The number of hydrogen-bond acceptors (Lipinski definition) is 5. The van der Waals surface area contributed by atoms with E-state index in [2.05, 4.69) is 14.4 Å². The van der Waals surface area contributed by atoms with Gasteiger partial charge < -0.3 is 10.3 Å². The van der Waals surface area contributed by atoms with Crippen LogP contribution in [0.3, 0.4) is 0 Å². The van der Waals surface area contributed by atoms with E-state index in [1.807, 2.05) is 0 Å². The Morgan fingerprint density at radius 1 is 1.44 bits per heavy atom. The SMILES string of the molecule is Nc1cc(Cl)c(F)c(S(=O)(=O)Nc2cnoc2)c1. The third-order valence-corrected chi connectivity index (χ3v) is 3.65. The summed E-state index contributed by atoms with van der Waals surface area (Å²) in [5, 5.41) is 2.94. The Morgan fingerprint density at radius 2 is 2.17 bits per heavy atom. The predicted molar refractivity (Wildman–Crippen MR) is 63.1 cm³/mol. The molecular formula is C9H7ClFN3O3S. The summed E-state index contributed by atoms with van der Waals surface area (Å²) in [4.78, 5) is -0.645. The molecule has 1 aromatic carbocycles. The lowest BCUT2D eigenvalue weighted by Gasteiger charge is -2.08. The fourth-order valence-corrected chi connectivity index (χ4v) is 2.69. The summed E-state index contributed by atoms with van der Waals surface area (Å²) in [6.07, 6.45) is 2.19. The molecule has 1 aromatic heterocycles. The van der Waals surface area contributed by atoms with E-state index in [0.717, 1.165) is 24.6 Å². The van der Waals surface area contributed by atoms with Crippen molar-refractivity contribution in [2.45, 2.75) is 4.90 Å². The number of sulfonamides is 1. The van der Waals surface area contributed by atoms with Crippen LogP contribution in [0.15, 0.2) is 34.0 Å². The van der Waals surface area contributed by atoms with Gasteiger partial charge in [-0.1, -0.05) is 16.8 Å². The molecule has 0 unspecified atom stereocenters. The van der Waals surface area contributed by atoms with Crippen LogP contribution in [0.5, 0.6) is 0 Å². The molecule has 0 radical (unpaired) electrons. The van der Waals surface area contributed by atoms with Gasteiger partial charge in [-0.05, 0) is 12.1 Å². The summed E-state index contributed by atoms with van der Waals surface area (Å²) in [7, 11) is -4.15. The molecule has 96 valence electrons. The molecule has 0 fully saturated rings. The molecule has 9 heteroatoms. The van der Waals surface area contributed by atoms with Gasteiger partial charge in [-0.2, -0.15) is 0 Å². The van der Waals surface area contributed by atoms with Crippen LogP contribution in [0.2, 0.25) is 5.02 Å². The number of nitrogen functional groups attached to an aromatic ring is 1. The second-order valence-electron chi connectivity index (χ2n) is 3.33. The first-order valence-corrected chi connectivity index (χ1v) is 6.43. The minimum absolute atomic E-state index is 0.0343. The fraction of sp³-hybridized carbons (Fsp3) is 0. The van der Waals surface area contributed by atoms with Crippen molar-refractivity contribution in [1.29, 1.82) is 0 Å². The van der Waals surface area contributed by atoms with Gasteiger partial charge in [0, 0.05) is 5.69 Å². The maximum Gasteiger partial charge on any atom is 0.265 e. The highest BCUT2D eigenvalue weighted by atomic mass is 35.5. The number of benzene rings is 1. The molecule has 3 N–H and O–H groups in total. The van der Waals surface area contributed by atoms with Crippen molar-refractivity contribution in [1.82, 2.24) is 5.16 Å². The Balaban J connectivity index is 2.48. The second-order valence-corrected chi connectivity index (χ2v) is 5.39. The molecule has 2 rings (SSSR count). The molecule has 6 nitrogen and oxygen atoms in total. The summed E-state index contributed by atoms with van der Waals surface area (Å²) >= 11 is 5.53. The monoisotopic (exact) mass is 291 g/mol. The van der Waals surface area contributed by atoms with Crippen LogP contribution in [0.25, 0.3) is 0 Å². The van der Waals surface area contributed by atoms with Crippen LogP contribution >= 0.6 is 11.6 Å². The largest absolute Gasteiger partial charge is 0.399 e. The third-order valence-electron chi connectivity index (χ3n) is 1.99. The van der Waals surface area contributed by atoms with Gasteiger partial charge in [-0.3, -0.25) is 4.72 Å². The Hall–Kier alpha value is -1.80. The van der Waals surface area contributed by atoms with Gasteiger partial charge in [0.25, 0.3) is 10.0 Å². The van der Waals surface area contributed by atoms with E-state index >= 15 is 0 Å². The lowest BCUT2D eigenvalue weighted by molar-refractivity contribution is 0.420. The van der Waals surface area contributed by atoms with E-state index in [4.69, 9.17) is 17.3 Å². The zero-order valence-corrected chi connectivity index (χ0v) is 10.3. The molecule has 18 heavy (non-hydrogen) atoms. The maximum absolute atomic E-state index is 13.7. The predicted octanol–water partition coefficient (Wildman–Crippen LogP) is 1.85. The van der Waals surface area contributed by atoms with Gasteiger partial charge in [-0.15, -0.1) is 0 Å². The molecule has 0 saturated carbocycles. The molecule has 0 aliphatic carbocycles. The first-order chi connectivity index (χ1) is 8.40. The summed E-state index contributed by atoms with van der Waals surface area (Å²) < 4.78 is 44.0. The summed E-state index contributed by atoms with van der Waals surface area (Å²) in [6, 6.07) is 2.09. The molecule has 0 atom stereocenters. The van der Waals surface area contributed by atoms with E-state index in [9.17, 15) is 12.8 Å². The van der Waals surface area contributed by atoms with Crippen molar-refractivity contribution in [3.05, 3.63) is 35.4 Å². The molecule has 0 saturated heterocycles. The van der Waals surface area contributed by atoms with Crippen molar-refractivity contribution < 1.29 is 17.3 Å². The van der Waals surface area contributed by atoms with Crippen LogP contribution in [-0.4, -0.2) is 13.6 Å². The molecule has 0 aliphatic rings. The molecule has 0 aliphatic heterocycles. The number of hydrogen-bond donors (Lipinski definition) is 2. The van der Waals surface area contributed by atoms with Gasteiger partial charge in [0.2, 0.25) is 0 Å². The first-order valence-electron chi connectivity index (χ1n) is 4.57. The van der Waals surface area contributed by atoms with Crippen molar-refractivity contribution in [3.8, 4) is 0 Å². The first kappa shape index (κ1) is 12.7. The quantitative estimate of drug-likeness (QED) is 0.841. The minimum Gasteiger partial charge on any atom is -0.399 e. The Bertz CT molecular complexity index is 673. The van der Waals surface area contributed by atoms with E-state index < -0.39 is 20.7 Å². The molecule has 0 amide bonds. The van der Waals surface area contributed by atoms with E-state index in [-0.39, 0.29) is 16.4 Å². The van der Waals surface area contributed by atoms with Crippen molar-refractivity contribution in [3.63, 3.8) is 0 Å². The van der Waals surface area contributed by atoms with Crippen molar-refractivity contribution >= 4 is 33.0 Å². The van der Waals surface area contributed by atoms with Gasteiger partial charge in [0.05, 0.1) is 11.2 Å². The second kappa shape index (κ2) is 4.46. The molecule has 2 aromatic rings. The van der Waals surface area contributed by atoms with Crippen molar-refractivity contribution in [2.75, 3.05) is 10.5 Å². The van der Waals surface area contributed by atoms with Gasteiger partial charge in [0.1, 0.15) is 16.8 Å². The zero-order valence-electron chi connectivity index (χ0n) is 8.72. The van der Waals surface area contributed by atoms with E-state index in [1.54, 1.807) is 0 Å². The third kappa shape index (κ3) is 2.39. The van der Waals surface area contributed by atoms with Crippen molar-refractivity contribution in [2.24, 2.45) is 0 Å². The Labute approximate surface area is 107 Å². The minimum atomic E-state index is -4.15. The lowest BCUT2D eigenvalue weighted by Crippen LogP contribution is -2.14. The van der Waals surface area contributed by atoms with E-state index in [1.165, 1.54) is 0 Å². The average molecular weight is 292 g/mol. The highest BCUT2D eigenvalue weighted by molar-refractivity contribution is 7.92. The van der Waals surface area contributed by atoms with Gasteiger partial charge >= 0.3 is 0 Å². The molecule has 0 spiro atoms. The topological polar surface area (TPSA) is 98.2 Å². The highest BCUT2D eigenvalue weighted by Gasteiger charge is 2.22. The van der Waals surface area contributed by atoms with Crippen LogP contribution in [-0.2, 0) is 10.0 Å². The normalized spacial score (nSPS) is 11.4. The molecule has 0 bridgehead atoms. The van der Waals surface area contributed by atoms with Crippen LogP contribution in [0.1, 0.15) is 0 Å². The van der Waals surface area contributed by atoms with E-state index in [0.29, 0.717) is 0 Å². The number of halogens is 2. The van der Waals surface area contributed by atoms with Crippen LogP contribution < -0.4 is 10.5 Å². The number of nitrogens with zero attached hydrogens (tertiary/aromatic N) is 1. The lowest BCUT2D eigenvalue weighted by atomic mass is 10.3. The number of rotatable bonds is 3. The summed E-state index contributed by atoms with van der Waals surface area (Å²) in [5.74, 6) is -1.07. The van der Waals surface area contributed by atoms with Crippen LogP contribution in [0.4, 0.5) is 15.8 Å². The highest BCUT2D eigenvalue weighted by Crippen LogP contribution is 2.27. The molecular weight excluding hydrogens is 285 g/mol. The smallest absolute Gasteiger partial charge is 0.265 e. The number of aromatic nitrogens is 1. The zero-order chi connectivity index (χ0) is 13.3. The average Bonchev–Trinajstić information content (AvgIpc) is 2.75. The summed E-state index contributed by atoms with van der Waals surface area (Å²) in [6.45, 7) is 0. The molecule has 1 heterocycles. The summed E-state index contributed by atoms with van der Waals surface area (Å²) in [5.41, 5.74) is 5.52. The fourth-order valence-electron chi connectivity index (χ4n) is 1.24. The Morgan fingerprint density at radius 3 is 2.78 bits per heavy atom. The number of nitrogens with one attached hydrogen (secondary N) is 1. The Kier molecular flexibility index (Phi) is 3.14. The number of anilines is 2.